The molecule has 1 rings (SSSR count). The number of carboxylic acid groups (broad SMARTS) is 3. The summed E-state index contributed by atoms with van der Waals surface area (Å²) in [6.45, 7) is 4.27. The highest BCUT2D eigenvalue weighted by Gasteiger charge is 2.27. The van der Waals surface area contributed by atoms with E-state index < -0.39 is 17.9 Å². The Hall–Kier alpha value is -2.37. The van der Waals surface area contributed by atoms with Crippen molar-refractivity contribution >= 4 is 17.9 Å². The van der Waals surface area contributed by atoms with Gasteiger partial charge < -0.3 is 15.3 Å². The molecule has 3 N–H and O–H groups in total. The van der Waals surface area contributed by atoms with Gasteiger partial charge in [-0.3, -0.25) is 0 Å². The molecule has 0 amide bonds. The van der Waals surface area contributed by atoms with Crippen LogP contribution in [-0.4, -0.2) is 33.2 Å². The van der Waals surface area contributed by atoms with Crippen molar-refractivity contribution in [2.45, 2.75) is 104 Å². The Morgan fingerprint density at radius 3 is 1.26 bits per heavy atom. The minimum Gasteiger partial charge on any atom is -0.478 e. The maximum absolute atomic E-state index is 12.2. The van der Waals surface area contributed by atoms with Crippen molar-refractivity contribution in [2.75, 3.05) is 0 Å². The van der Waals surface area contributed by atoms with Crippen molar-refractivity contribution in [3.63, 3.8) is 0 Å². The van der Waals surface area contributed by atoms with E-state index in [0.29, 0.717) is 25.7 Å². The zero-order valence-electron chi connectivity index (χ0n) is 19.0. The third kappa shape index (κ3) is 8.72. The highest BCUT2D eigenvalue weighted by atomic mass is 16.4. The normalized spacial score (nSPS) is 10.9. The van der Waals surface area contributed by atoms with Crippen molar-refractivity contribution in [3.05, 3.63) is 33.9 Å². The van der Waals surface area contributed by atoms with Crippen LogP contribution in [0.2, 0.25) is 0 Å². The number of hydrogen-bond donors (Lipinski definition) is 3. The van der Waals surface area contributed by atoms with Gasteiger partial charge in [0.2, 0.25) is 0 Å². The first-order chi connectivity index (χ1) is 14.8. The number of aromatic carboxylic acids is 3. The van der Waals surface area contributed by atoms with Crippen LogP contribution < -0.4 is 0 Å². The van der Waals surface area contributed by atoms with E-state index in [4.69, 9.17) is 0 Å². The minimum atomic E-state index is -1.28. The summed E-state index contributed by atoms with van der Waals surface area (Å²) in [5, 5.41) is 29.2. The van der Waals surface area contributed by atoms with E-state index in [1.54, 1.807) is 0 Å². The molecule has 0 unspecified atom stereocenters. The van der Waals surface area contributed by atoms with Crippen molar-refractivity contribution in [1.29, 1.82) is 0 Å². The third-order valence-corrected chi connectivity index (χ3v) is 5.78. The molecule has 0 fully saturated rings. The quantitative estimate of drug-likeness (QED) is 0.239. The van der Waals surface area contributed by atoms with Crippen molar-refractivity contribution in [3.8, 4) is 0 Å². The SMILES string of the molecule is CCCCCCCCc1c(C(=O)O)cc(C(=O)O)c(CCCCCCCC)c1C(=O)O. The Labute approximate surface area is 185 Å². The van der Waals surface area contributed by atoms with E-state index in [9.17, 15) is 29.7 Å². The lowest BCUT2D eigenvalue weighted by Gasteiger charge is -2.17. The van der Waals surface area contributed by atoms with Gasteiger partial charge in [0, 0.05) is 0 Å². The first-order valence-electron chi connectivity index (χ1n) is 11.7. The molecule has 0 aliphatic heterocycles. The maximum atomic E-state index is 12.2. The van der Waals surface area contributed by atoms with E-state index in [1.807, 2.05) is 0 Å². The summed E-state index contributed by atoms with van der Waals surface area (Å²) < 4.78 is 0. The molecule has 174 valence electrons. The zero-order chi connectivity index (χ0) is 23.2. The van der Waals surface area contributed by atoms with Crippen LogP contribution in [0, 0.1) is 0 Å². The van der Waals surface area contributed by atoms with Crippen LogP contribution in [0.25, 0.3) is 0 Å². The second kappa shape index (κ2) is 14.6. The number of carboxylic acids is 3. The van der Waals surface area contributed by atoms with Crippen LogP contribution in [0.15, 0.2) is 6.07 Å². The average Bonchev–Trinajstić information content (AvgIpc) is 2.72. The van der Waals surface area contributed by atoms with Gasteiger partial charge >= 0.3 is 17.9 Å². The average molecular weight is 435 g/mol. The van der Waals surface area contributed by atoms with Gasteiger partial charge in [0.25, 0.3) is 0 Å². The Kier molecular flexibility index (Phi) is 12.6. The van der Waals surface area contributed by atoms with E-state index in [0.717, 1.165) is 70.3 Å². The monoisotopic (exact) mass is 434 g/mol. The van der Waals surface area contributed by atoms with Crippen LogP contribution in [0.5, 0.6) is 0 Å². The summed E-state index contributed by atoms with van der Waals surface area (Å²) >= 11 is 0. The van der Waals surface area contributed by atoms with Gasteiger partial charge in [0.05, 0.1) is 16.7 Å². The Bertz CT molecular complexity index is 686. The van der Waals surface area contributed by atoms with Crippen LogP contribution in [0.3, 0.4) is 0 Å². The van der Waals surface area contributed by atoms with Crippen LogP contribution in [0.4, 0.5) is 0 Å². The van der Waals surface area contributed by atoms with Crippen molar-refractivity contribution in [2.24, 2.45) is 0 Å². The van der Waals surface area contributed by atoms with Gasteiger partial charge in [-0.05, 0) is 42.9 Å². The molecule has 6 heteroatoms. The van der Waals surface area contributed by atoms with E-state index in [2.05, 4.69) is 13.8 Å². The van der Waals surface area contributed by atoms with Crippen molar-refractivity contribution in [1.82, 2.24) is 0 Å². The molecular formula is C25H38O6. The number of hydrogen-bond acceptors (Lipinski definition) is 3. The van der Waals surface area contributed by atoms with E-state index in [1.165, 1.54) is 0 Å². The summed E-state index contributed by atoms with van der Waals surface area (Å²) in [6, 6.07) is 1.16. The van der Waals surface area contributed by atoms with Crippen molar-refractivity contribution < 1.29 is 29.7 Å². The highest BCUT2D eigenvalue weighted by Crippen LogP contribution is 2.28. The molecule has 6 nitrogen and oxygen atoms in total. The lowest BCUT2D eigenvalue weighted by Crippen LogP contribution is -2.18. The summed E-state index contributed by atoms with van der Waals surface area (Å²) in [5.74, 6) is -3.80. The molecule has 0 atom stereocenters. The molecule has 0 heterocycles. The number of carbonyl (C=O) groups is 3. The second-order valence-electron chi connectivity index (χ2n) is 8.25. The highest BCUT2D eigenvalue weighted by molar-refractivity contribution is 6.03. The molecule has 0 aliphatic carbocycles. The van der Waals surface area contributed by atoms with E-state index >= 15 is 0 Å². The topological polar surface area (TPSA) is 112 Å². The second-order valence-corrected chi connectivity index (χ2v) is 8.25. The fraction of sp³-hybridized carbons (Fsp3) is 0.640. The molecule has 0 radical (unpaired) electrons. The van der Waals surface area contributed by atoms with Crippen LogP contribution in [0.1, 0.15) is 133 Å². The fourth-order valence-corrected chi connectivity index (χ4v) is 4.09. The molecule has 0 saturated heterocycles. The van der Waals surface area contributed by atoms with Gasteiger partial charge in [0.15, 0.2) is 0 Å². The fourth-order valence-electron chi connectivity index (χ4n) is 4.09. The molecule has 0 aliphatic rings. The standard InChI is InChI=1S/C25H38O6/c1-3-5-7-9-11-13-15-18-20(23(26)27)17-21(24(28)29)19(22(18)25(30)31)16-14-12-10-8-6-4-2/h17H,3-16H2,1-2H3,(H,26,27)(H,28,29)(H,30,31). The van der Waals surface area contributed by atoms with Gasteiger partial charge in [-0.15, -0.1) is 0 Å². The van der Waals surface area contributed by atoms with Gasteiger partial charge in [0.1, 0.15) is 0 Å². The Morgan fingerprint density at radius 1 is 0.581 bits per heavy atom. The largest absolute Gasteiger partial charge is 0.478 e. The molecule has 1 aromatic carbocycles. The smallest absolute Gasteiger partial charge is 0.336 e. The summed E-state index contributed by atoms with van der Waals surface area (Å²) in [4.78, 5) is 35.8. The molecule has 0 aromatic heterocycles. The summed E-state index contributed by atoms with van der Waals surface area (Å²) in [6.07, 6.45) is 12.6. The maximum Gasteiger partial charge on any atom is 0.336 e. The Balaban J connectivity index is 3.18. The number of unbranched alkanes of at least 4 members (excludes halogenated alkanes) is 10. The summed E-state index contributed by atoms with van der Waals surface area (Å²) in [7, 11) is 0. The minimum absolute atomic E-state index is 0.112. The third-order valence-electron chi connectivity index (χ3n) is 5.78. The molecule has 0 saturated carbocycles. The molecule has 0 spiro atoms. The number of rotatable bonds is 17. The molecule has 31 heavy (non-hydrogen) atoms. The lowest BCUT2D eigenvalue weighted by molar-refractivity contribution is 0.0694. The zero-order valence-corrected chi connectivity index (χ0v) is 19.0. The predicted octanol–water partition coefficient (Wildman–Crippen LogP) is 6.59. The molecule has 1 aromatic rings. The van der Waals surface area contributed by atoms with Gasteiger partial charge in [-0.1, -0.05) is 78.1 Å². The van der Waals surface area contributed by atoms with Gasteiger partial charge in [-0.25, -0.2) is 14.4 Å². The lowest BCUT2D eigenvalue weighted by atomic mass is 9.86. The number of benzene rings is 1. The molecule has 0 bridgehead atoms. The first kappa shape index (κ1) is 26.7. The first-order valence-corrected chi connectivity index (χ1v) is 11.7. The van der Waals surface area contributed by atoms with Crippen LogP contribution in [-0.2, 0) is 12.8 Å². The predicted molar refractivity (Wildman–Crippen MR) is 121 cm³/mol. The van der Waals surface area contributed by atoms with Crippen LogP contribution >= 0.6 is 0 Å². The molecular weight excluding hydrogens is 396 g/mol. The summed E-state index contributed by atoms with van der Waals surface area (Å²) in [5.41, 5.74) is 0.0208. The Morgan fingerprint density at radius 2 is 0.935 bits per heavy atom. The van der Waals surface area contributed by atoms with Gasteiger partial charge in [-0.2, -0.15) is 0 Å². The van der Waals surface area contributed by atoms with E-state index in [-0.39, 0.29) is 27.8 Å².